The van der Waals surface area contributed by atoms with Crippen LogP contribution in [0.5, 0.6) is 5.75 Å². The Morgan fingerprint density at radius 2 is 1.69 bits per heavy atom. The van der Waals surface area contributed by atoms with Crippen LogP contribution in [0.25, 0.3) is 26.6 Å². The van der Waals surface area contributed by atoms with Crippen LogP contribution in [0.3, 0.4) is 0 Å². The number of benzene rings is 3. The maximum absolute atomic E-state index is 11.6. The number of hydrogen-bond acceptors (Lipinski definition) is 3. The molecule has 0 unspecified atom stereocenters. The van der Waals surface area contributed by atoms with Crippen LogP contribution in [0, 0.1) is 0 Å². The quantitative estimate of drug-likeness (QED) is 0.385. The van der Waals surface area contributed by atoms with Gasteiger partial charge in [-0.1, -0.05) is 60.7 Å². The van der Waals surface area contributed by atoms with Gasteiger partial charge in [0.1, 0.15) is 5.75 Å². The van der Waals surface area contributed by atoms with Gasteiger partial charge < -0.3 is 9.84 Å². The summed E-state index contributed by atoms with van der Waals surface area (Å²) in [6.07, 6.45) is 3.11. The van der Waals surface area contributed by atoms with Crippen LogP contribution in [-0.4, -0.2) is 17.2 Å². The van der Waals surface area contributed by atoms with Crippen LogP contribution in [-0.2, 0) is 4.79 Å². The number of thiophene rings is 1. The topological polar surface area (TPSA) is 46.5 Å². The van der Waals surface area contributed by atoms with Crippen molar-refractivity contribution in [3.63, 3.8) is 0 Å². The third-order valence-electron chi connectivity index (χ3n) is 4.58. The molecule has 4 rings (SSSR count). The van der Waals surface area contributed by atoms with Crippen molar-refractivity contribution in [1.29, 1.82) is 0 Å². The average molecular weight is 400 g/mol. The van der Waals surface area contributed by atoms with Crippen molar-refractivity contribution >= 4 is 33.5 Å². The molecule has 1 aromatic heterocycles. The fourth-order valence-electron chi connectivity index (χ4n) is 3.08. The zero-order chi connectivity index (χ0) is 20.1. The zero-order valence-electron chi connectivity index (χ0n) is 15.7. The van der Waals surface area contributed by atoms with Crippen LogP contribution in [0.4, 0.5) is 0 Å². The number of hydrogen-bond donors (Lipinski definition) is 1. The summed E-state index contributed by atoms with van der Waals surface area (Å²) in [4.78, 5) is 12.8. The van der Waals surface area contributed by atoms with E-state index in [-0.39, 0.29) is 0 Å². The van der Waals surface area contributed by atoms with Gasteiger partial charge in [0.2, 0.25) is 0 Å². The Bertz CT molecular complexity index is 1090. The number of carboxylic acid groups (broad SMARTS) is 1. The number of carboxylic acids is 1. The molecule has 0 saturated heterocycles. The molecule has 1 atom stereocenters. The minimum atomic E-state index is -0.976. The summed E-state index contributed by atoms with van der Waals surface area (Å²) in [6.45, 7) is 0. The zero-order valence-corrected chi connectivity index (χ0v) is 16.5. The summed E-state index contributed by atoms with van der Waals surface area (Å²) < 4.78 is 6.97. The smallest absolute Gasteiger partial charge is 0.345 e. The van der Waals surface area contributed by atoms with Gasteiger partial charge in [-0.25, -0.2) is 4.79 Å². The van der Waals surface area contributed by atoms with Crippen molar-refractivity contribution in [2.24, 2.45) is 0 Å². The standard InChI is InChI=1S/C25H20O3S/c26-25(27)22(11-6-9-18-7-2-1-3-8-18)28-21-15-13-19(14-16-21)24-17-20-10-4-5-12-23(20)29-24/h1-10,12-17,22H,11H2,(H,26,27)/t22-/m1/s1. The van der Waals surface area contributed by atoms with E-state index >= 15 is 0 Å². The summed E-state index contributed by atoms with van der Waals surface area (Å²) in [6, 6.07) is 27.9. The molecular formula is C25H20O3S. The normalized spacial score (nSPS) is 12.3. The maximum Gasteiger partial charge on any atom is 0.345 e. The summed E-state index contributed by atoms with van der Waals surface area (Å²) in [5.74, 6) is -0.424. The molecule has 3 aromatic carbocycles. The summed E-state index contributed by atoms with van der Waals surface area (Å²) in [5, 5.41) is 10.7. The van der Waals surface area contributed by atoms with Crippen LogP contribution >= 0.6 is 11.3 Å². The van der Waals surface area contributed by atoms with Crippen molar-refractivity contribution in [2.75, 3.05) is 0 Å². The molecule has 0 radical (unpaired) electrons. The first-order valence-corrected chi connectivity index (χ1v) is 10.2. The van der Waals surface area contributed by atoms with E-state index in [1.165, 1.54) is 15.0 Å². The van der Waals surface area contributed by atoms with Gasteiger partial charge in [0.05, 0.1) is 0 Å². The Balaban J connectivity index is 1.44. The molecule has 0 amide bonds. The highest BCUT2D eigenvalue weighted by molar-refractivity contribution is 7.22. The molecule has 0 aliphatic heterocycles. The molecule has 3 nitrogen and oxygen atoms in total. The molecule has 0 aliphatic rings. The van der Waals surface area contributed by atoms with E-state index in [2.05, 4.69) is 18.2 Å². The first-order valence-electron chi connectivity index (χ1n) is 9.39. The van der Waals surface area contributed by atoms with Crippen molar-refractivity contribution in [1.82, 2.24) is 0 Å². The van der Waals surface area contributed by atoms with Crippen molar-refractivity contribution < 1.29 is 14.6 Å². The Hall–Kier alpha value is -3.37. The predicted molar refractivity (Wildman–Crippen MR) is 119 cm³/mol. The molecule has 1 N–H and O–H groups in total. The van der Waals surface area contributed by atoms with Crippen molar-refractivity contribution in [3.8, 4) is 16.2 Å². The van der Waals surface area contributed by atoms with Gasteiger partial charge in [-0.3, -0.25) is 0 Å². The molecule has 0 aliphatic carbocycles. The van der Waals surface area contributed by atoms with Gasteiger partial charge in [0.15, 0.2) is 6.10 Å². The number of rotatable bonds is 7. The largest absolute Gasteiger partial charge is 0.478 e. The average Bonchev–Trinajstić information content (AvgIpc) is 3.18. The number of aliphatic carboxylic acids is 1. The highest BCUT2D eigenvalue weighted by Gasteiger charge is 2.18. The van der Waals surface area contributed by atoms with E-state index in [1.54, 1.807) is 11.3 Å². The second-order valence-electron chi connectivity index (χ2n) is 6.67. The lowest BCUT2D eigenvalue weighted by Gasteiger charge is -2.13. The van der Waals surface area contributed by atoms with Gasteiger partial charge >= 0.3 is 5.97 Å². The SMILES string of the molecule is O=C(O)[C@@H](CC=Cc1ccccc1)Oc1ccc(-c2cc3ccccc3s2)cc1. The maximum atomic E-state index is 11.6. The summed E-state index contributed by atoms with van der Waals surface area (Å²) >= 11 is 1.74. The lowest BCUT2D eigenvalue weighted by Crippen LogP contribution is -2.26. The fourth-order valence-corrected chi connectivity index (χ4v) is 4.15. The van der Waals surface area contributed by atoms with E-state index in [0.717, 1.165) is 11.1 Å². The van der Waals surface area contributed by atoms with Crippen LogP contribution in [0.2, 0.25) is 0 Å². The molecule has 4 heteroatoms. The van der Waals surface area contributed by atoms with Gasteiger partial charge in [-0.15, -0.1) is 11.3 Å². The van der Waals surface area contributed by atoms with E-state index in [4.69, 9.17) is 4.74 Å². The molecule has 0 spiro atoms. The minimum absolute atomic E-state index is 0.294. The molecule has 1 heterocycles. The first-order chi connectivity index (χ1) is 14.2. The third kappa shape index (κ3) is 4.73. The molecular weight excluding hydrogens is 380 g/mol. The highest BCUT2D eigenvalue weighted by Crippen LogP contribution is 2.34. The minimum Gasteiger partial charge on any atom is -0.478 e. The van der Waals surface area contributed by atoms with Gasteiger partial charge in [-0.2, -0.15) is 0 Å². The van der Waals surface area contributed by atoms with Crippen LogP contribution in [0.1, 0.15) is 12.0 Å². The van der Waals surface area contributed by atoms with Gasteiger partial charge in [-0.05, 0) is 52.9 Å². The number of fused-ring (bicyclic) bond motifs is 1. The van der Waals surface area contributed by atoms with Gasteiger partial charge in [0, 0.05) is 16.0 Å². The molecule has 0 saturated carbocycles. The van der Waals surface area contributed by atoms with Crippen LogP contribution < -0.4 is 4.74 Å². The van der Waals surface area contributed by atoms with Crippen molar-refractivity contribution in [2.45, 2.75) is 12.5 Å². The molecule has 0 fully saturated rings. The third-order valence-corrected chi connectivity index (χ3v) is 5.74. The van der Waals surface area contributed by atoms with E-state index in [9.17, 15) is 9.90 Å². The van der Waals surface area contributed by atoms with E-state index < -0.39 is 12.1 Å². The Morgan fingerprint density at radius 3 is 2.41 bits per heavy atom. The van der Waals surface area contributed by atoms with E-state index in [0.29, 0.717) is 12.2 Å². The van der Waals surface area contributed by atoms with Gasteiger partial charge in [0.25, 0.3) is 0 Å². The second-order valence-corrected chi connectivity index (χ2v) is 7.75. The number of carbonyl (C=O) groups is 1. The summed E-state index contributed by atoms with van der Waals surface area (Å²) in [7, 11) is 0. The predicted octanol–water partition coefficient (Wildman–Crippen LogP) is 6.50. The monoisotopic (exact) mass is 400 g/mol. The summed E-state index contributed by atoms with van der Waals surface area (Å²) in [5.41, 5.74) is 2.12. The van der Waals surface area contributed by atoms with E-state index in [1.807, 2.05) is 78.9 Å². The molecule has 29 heavy (non-hydrogen) atoms. The Labute approximate surface area is 173 Å². The van der Waals surface area contributed by atoms with Crippen molar-refractivity contribution in [3.05, 3.63) is 96.6 Å². The first kappa shape index (κ1) is 19.0. The molecule has 0 bridgehead atoms. The molecule has 4 aromatic rings. The fraction of sp³-hybridized carbons (Fsp3) is 0.0800. The highest BCUT2D eigenvalue weighted by atomic mass is 32.1. The second kappa shape index (κ2) is 8.76. The lowest BCUT2D eigenvalue weighted by molar-refractivity contribution is -0.144. The Morgan fingerprint density at radius 1 is 0.966 bits per heavy atom. The molecule has 144 valence electrons. The number of ether oxygens (including phenoxy) is 1. The lowest BCUT2D eigenvalue weighted by atomic mass is 10.1. The Kier molecular flexibility index (Phi) is 5.73. The van der Waals surface area contributed by atoms with Crippen LogP contribution in [0.15, 0.2) is 91.0 Å².